The molecule has 0 unspecified atom stereocenters. The van der Waals surface area contributed by atoms with Gasteiger partial charge in [0.05, 0.1) is 11.5 Å². The molecular formula is C8H5NaO8S. The van der Waals surface area contributed by atoms with Crippen molar-refractivity contribution in [3.05, 3.63) is 29.3 Å². The van der Waals surface area contributed by atoms with Crippen LogP contribution in [0.25, 0.3) is 0 Å². The van der Waals surface area contributed by atoms with E-state index in [0.29, 0.717) is 6.07 Å². The number of benzene rings is 1. The van der Waals surface area contributed by atoms with Gasteiger partial charge in [-0.2, -0.15) is 8.42 Å². The van der Waals surface area contributed by atoms with Crippen LogP contribution in [0.4, 0.5) is 0 Å². The Balaban J connectivity index is 0.00000289. The number of carboxylic acids is 2. The third-order valence-electron chi connectivity index (χ3n) is 1.59. The van der Waals surface area contributed by atoms with Crippen molar-refractivity contribution in [3.8, 4) is 5.75 Å². The Kier molecular flexibility index (Phi) is 5.77. The molecule has 0 aromatic heterocycles. The summed E-state index contributed by atoms with van der Waals surface area (Å²) >= 11 is 0. The summed E-state index contributed by atoms with van der Waals surface area (Å²) in [6.07, 6.45) is 0. The topological polar surface area (TPSA) is 141 Å². The SMILES string of the molecule is O=C([O-])c1cc(OS(=O)(=O)O)cc(C(=O)O)c1.[Na+]. The first-order valence-electron chi connectivity index (χ1n) is 3.95. The predicted octanol–water partition coefficient (Wildman–Crippen LogP) is -4.07. The quantitative estimate of drug-likeness (QED) is 0.420. The van der Waals surface area contributed by atoms with Crippen LogP contribution < -0.4 is 38.8 Å². The zero-order chi connectivity index (χ0) is 13.2. The maximum atomic E-state index is 10.6. The summed E-state index contributed by atoms with van der Waals surface area (Å²) in [4.78, 5) is 21.1. The van der Waals surface area contributed by atoms with Crippen LogP contribution in [-0.4, -0.2) is 30.0 Å². The molecule has 0 aliphatic rings. The van der Waals surface area contributed by atoms with Crippen molar-refractivity contribution in [2.45, 2.75) is 0 Å². The summed E-state index contributed by atoms with van der Waals surface area (Å²) < 4.78 is 33.1. The first kappa shape index (κ1) is 16.9. The summed E-state index contributed by atoms with van der Waals surface area (Å²) in [6, 6.07) is 2.20. The van der Waals surface area contributed by atoms with Gasteiger partial charge in [0.15, 0.2) is 0 Å². The summed E-state index contributed by atoms with van der Waals surface area (Å²) in [5, 5.41) is 19.2. The Bertz CT molecular complexity index is 547. The van der Waals surface area contributed by atoms with Crippen molar-refractivity contribution in [2.75, 3.05) is 0 Å². The molecule has 1 aromatic carbocycles. The molecule has 0 amide bonds. The normalized spacial score (nSPS) is 10.3. The fraction of sp³-hybridized carbons (Fsp3) is 0. The number of carboxylic acid groups (broad SMARTS) is 2. The van der Waals surface area contributed by atoms with E-state index in [2.05, 4.69) is 4.18 Å². The largest absolute Gasteiger partial charge is 1.00 e. The van der Waals surface area contributed by atoms with Crippen molar-refractivity contribution in [3.63, 3.8) is 0 Å². The number of hydrogen-bond acceptors (Lipinski definition) is 6. The second kappa shape index (κ2) is 6.16. The maximum absolute atomic E-state index is 10.6. The molecule has 0 bridgehead atoms. The maximum Gasteiger partial charge on any atom is 1.00 e. The standard InChI is InChI=1S/C8H6O8S.Na/c9-7(10)4-1-5(8(11)12)3-6(2-4)16-17(13,14)15;/h1-3H,(H,9,10)(H,11,12)(H,13,14,15);/q;+1/p-1. The summed E-state index contributed by atoms with van der Waals surface area (Å²) in [6.45, 7) is 0. The zero-order valence-corrected chi connectivity index (χ0v) is 11.8. The smallest absolute Gasteiger partial charge is 0.545 e. The van der Waals surface area contributed by atoms with Crippen LogP contribution >= 0.6 is 0 Å². The Hall–Kier alpha value is -1.13. The van der Waals surface area contributed by atoms with E-state index in [1.54, 1.807) is 0 Å². The molecule has 0 aliphatic carbocycles. The molecule has 8 nitrogen and oxygen atoms in total. The third-order valence-corrected chi connectivity index (χ3v) is 1.99. The van der Waals surface area contributed by atoms with E-state index in [9.17, 15) is 23.1 Å². The molecule has 18 heavy (non-hydrogen) atoms. The van der Waals surface area contributed by atoms with Gasteiger partial charge in [0.1, 0.15) is 5.75 Å². The predicted molar refractivity (Wildman–Crippen MR) is 49.9 cm³/mol. The number of hydrogen-bond donors (Lipinski definition) is 2. The molecule has 92 valence electrons. The molecule has 0 fully saturated rings. The van der Waals surface area contributed by atoms with Crippen LogP contribution in [0.15, 0.2) is 18.2 Å². The second-order valence-corrected chi connectivity index (χ2v) is 3.87. The molecule has 0 spiro atoms. The molecule has 10 heteroatoms. The van der Waals surface area contributed by atoms with Gasteiger partial charge in [0.2, 0.25) is 0 Å². The van der Waals surface area contributed by atoms with E-state index >= 15 is 0 Å². The van der Waals surface area contributed by atoms with Crippen molar-refractivity contribution in [1.82, 2.24) is 0 Å². The summed E-state index contributed by atoms with van der Waals surface area (Å²) in [7, 11) is -4.87. The molecular weight excluding hydrogens is 279 g/mol. The molecule has 0 aliphatic heterocycles. The number of rotatable bonds is 4. The zero-order valence-electron chi connectivity index (χ0n) is 8.98. The third kappa shape index (κ3) is 5.02. The molecule has 0 saturated heterocycles. The van der Waals surface area contributed by atoms with Crippen LogP contribution in [-0.2, 0) is 10.4 Å². The number of carbonyl (C=O) groups is 2. The van der Waals surface area contributed by atoms with Gasteiger partial charge in [-0.1, -0.05) is 0 Å². The van der Waals surface area contributed by atoms with Crippen molar-refractivity contribution in [2.24, 2.45) is 0 Å². The van der Waals surface area contributed by atoms with Gasteiger partial charge in [-0.05, 0) is 18.2 Å². The van der Waals surface area contributed by atoms with E-state index in [1.807, 2.05) is 0 Å². The minimum Gasteiger partial charge on any atom is -0.545 e. The van der Waals surface area contributed by atoms with E-state index in [4.69, 9.17) is 9.66 Å². The Morgan fingerprint density at radius 2 is 1.67 bits per heavy atom. The number of carbonyl (C=O) groups excluding carboxylic acids is 1. The average Bonchev–Trinajstić information content (AvgIpc) is 2.14. The minimum absolute atomic E-state index is 0. The monoisotopic (exact) mass is 284 g/mol. The molecule has 0 saturated carbocycles. The Morgan fingerprint density at radius 1 is 1.17 bits per heavy atom. The minimum atomic E-state index is -4.87. The van der Waals surface area contributed by atoms with Crippen LogP contribution in [0, 0.1) is 0 Å². The van der Waals surface area contributed by atoms with E-state index in [0.717, 1.165) is 12.1 Å². The van der Waals surface area contributed by atoms with Gasteiger partial charge in [0, 0.05) is 5.56 Å². The second-order valence-electron chi connectivity index (χ2n) is 2.85. The molecule has 1 rings (SSSR count). The van der Waals surface area contributed by atoms with Crippen LogP contribution in [0.1, 0.15) is 20.7 Å². The van der Waals surface area contributed by atoms with Gasteiger partial charge in [-0.3, -0.25) is 4.55 Å². The molecule has 0 radical (unpaired) electrons. The van der Waals surface area contributed by atoms with Crippen LogP contribution in [0.3, 0.4) is 0 Å². The molecule has 0 atom stereocenters. The van der Waals surface area contributed by atoms with Gasteiger partial charge in [-0.25, -0.2) is 4.79 Å². The average molecular weight is 284 g/mol. The van der Waals surface area contributed by atoms with Crippen LogP contribution in [0.5, 0.6) is 5.75 Å². The van der Waals surface area contributed by atoms with E-state index in [-0.39, 0.29) is 29.6 Å². The van der Waals surface area contributed by atoms with Crippen molar-refractivity contribution < 1.29 is 66.5 Å². The van der Waals surface area contributed by atoms with Crippen molar-refractivity contribution in [1.29, 1.82) is 0 Å². The number of aromatic carboxylic acids is 2. The van der Waals surface area contributed by atoms with E-state index in [1.165, 1.54) is 0 Å². The first-order valence-corrected chi connectivity index (χ1v) is 5.32. The van der Waals surface area contributed by atoms with Gasteiger partial charge in [0.25, 0.3) is 0 Å². The summed E-state index contributed by atoms with van der Waals surface area (Å²) in [5.74, 6) is -3.85. The summed E-state index contributed by atoms with van der Waals surface area (Å²) in [5.41, 5.74) is -1.12. The molecule has 2 N–H and O–H groups in total. The first-order chi connectivity index (χ1) is 7.69. The Morgan fingerprint density at radius 3 is 2.06 bits per heavy atom. The van der Waals surface area contributed by atoms with Crippen molar-refractivity contribution >= 4 is 22.3 Å². The van der Waals surface area contributed by atoms with Gasteiger partial charge in [-0.15, -0.1) is 0 Å². The molecule has 1 aromatic rings. The van der Waals surface area contributed by atoms with Gasteiger partial charge >= 0.3 is 45.9 Å². The Labute approximate surface area is 123 Å². The fourth-order valence-electron chi connectivity index (χ4n) is 1.01. The van der Waals surface area contributed by atoms with Gasteiger partial charge < -0.3 is 19.2 Å². The van der Waals surface area contributed by atoms with Crippen LogP contribution in [0.2, 0.25) is 0 Å². The van der Waals surface area contributed by atoms with E-state index < -0.39 is 39.2 Å². The fourth-order valence-corrected chi connectivity index (χ4v) is 1.35. The molecule has 0 heterocycles.